The number of likely N-dealkylation sites (tertiary alicyclic amines) is 1. The standard InChI is InChI=1S/C14H24N2O2/c1-15-6-7-18-13(10-15)14(17)16-8-11-4-2-3-5-12(11)9-16/h11-13H,2-10H2,1H3. The number of nitrogens with zero attached hydrogens (tertiary/aromatic N) is 2. The lowest BCUT2D eigenvalue weighted by Crippen LogP contribution is -2.49. The minimum absolute atomic E-state index is 0.219. The van der Waals surface area contributed by atoms with Gasteiger partial charge in [-0.25, -0.2) is 0 Å². The van der Waals surface area contributed by atoms with Crippen LogP contribution in [0.2, 0.25) is 0 Å². The fraction of sp³-hybridized carbons (Fsp3) is 0.929. The third-order valence-electron chi connectivity index (χ3n) is 4.83. The molecule has 0 bridgehead atoms. The summed E-state index contributed by atoms with van der Waals surface area (Å²) in [6, 6.07) is 0. The van der Waals surface area contributed by atoms with Crippen molar-refractivity contribution in [2.75, 3.05) is 39.8 Å². The third kappa shape index (κ3) is 2.41. The maximum Gasteiger partial charge on any atom is 0.253 e. The van der Waals surface area contributed by atoms with Crippen LogP contribution in [0.15, 0.2) is 0 Å². The fourth-order valence-corrected chi connectivity index (χ4v) is 3.72. The van der Waals surface area contributed by atoms with E-state index in [0.29, 0.717) is 6.61 Å². The highest BCUT2D eigenvalue weighted by atomic mass is 16.5. The fourth-order valence-electron chi connectivity index (χ4n) is 3.72. The second-order valence-electron chi connectivity index (χ2n) is 6.17. The number of hydrogen-bond donors (Lipinski definition) is 0. The Bertz CT molecular complexity index is 307. The van der Waals surface area contributed by atoms with Crippen molar-refractivity contribution < 1.29 is 9.53 Å². The summed E-state index contributed by atoms with van der Waals surface area (Å²) in [6.07, 6.45) is 5.13. The first-order chi connectivity index (χ1) is 8.74. The average Bonchev–Trinajstić information content (AvgIpc) is 2.81. The Morgan fingerprint density at radius 2 is 1.78 bits per heavy atom. The molecule has 0 N–H and O–H groups in total. The molecule has 1 saturated carbocycles. The van der Waals surface area contributed by atoms with Crippen LogP contribution < -0.4 is 0 Å². The molecule has 3 rings (SSSR count). The van der Waals surface area contributed by atoms with Gasteiger partial charge in [-0.05, 0) is 31.7 Å². The Hall–Kier alpha value is -0.610. The van der Waals surface area contributed by atoms with Crippen LogP contribution in [0.25, 0.3) is 0 Å². The summed E-state index contributed by atoms with van der Waals surface area (Å²) in [5, 5.41) is 0. The predicted octanol–water partition coefficient (Wildman–Crippen LogP) is 0.966. The Morgan fingerprint density at radius 1 is 1.11 bits per heavy atom. The molecular formula is C14H24N2O2. The first-order valence-electron chi connectivity index (χ1n) is 7.33. The minimum Gasteiger partial charge on any atom is -0.366 e. The van der Waals surface area contributed by atoms with Crippen molar-refractivity contribution in [3.05, 3.63) is 0 Å². The van der Waals surface area contributed by atoms with Crippen molar-refractivity contribution in [3.63, 3.8) is 0 Å². The first kappa shape index (κ1) is 12.4. The van der Waals surface area contributed by atoms with Gasteiger partial charge in [0.2, 0.25) is 0 Å². The Kier molecular flexibility index (Phi) is 3.57. The van der Waals surface area contributed by atoms with E-state index < -0.39 is 0 Å². The van der Waals surface area contributed by atoms with Gasteiger partial charge in [0.25, 0.3) is 5.91 Å². The molecule has 1 amide bonds. The number of fused-ring (bicyclic) bond motifs is 1. The van der Waals surface area contributed by atoms with Crippen molar-refractivity contribution in [2.45, 2.75) is 31.8 Å². The zero-order chi connectivity index (χ0) is 12.5. The normalized spacial score (nSPS) is 37.6. The van der Waals surface area contributed by atoms with E-state index in [1.54, 1.807) is 0 Å². The number of carbonyl (C=O) groups excluding carboxylic acids is 1. The lowest BCUT2D eigenvalue weighted by atomic mass is 9.82. The largest absolute Gasteiger partial charge is 0.366 e. The maximum atomic E-state index is 12.5. The van der Waals surface area contributed by atoms with Gasteiger partial charge >= 0.3 is 0 Å². The quantitative estimate of drug-likeness (QED) is 0.697. The highest BCUT2D eigenvalue weighted by molar-refractivity contribution is 5.81. The molecule has 18 heavy (non-hydrogen) atoms. The minimum atomic E-state index is -0.219. The summed E-state index contributed by atoms with van der Waals surface area (Å²) in [6.45, 7) is 4.34. The molecule has 2 aliphatic heterocycles. The number of hydrogen-bond acceptors (Lipinski definition) is 3. The zero-order valence-electron chi connectivity index (χ0n) is 11.3. The van der Waals surface area contributed by atoms with E-state index in [2.05, 4.69) is 16.8 Å². The van der Waals surface area contributed by atoms with E-state index in [1.807, 2.05) is 0 Å². The molecule has 0 aromatic carbocycles. The monoisotopic (exact) mass is 252 g/mol. The average molecular weight is 252 g/mol. The lowest BCUT2D eigenvalue weighted by molar-refractivity contribution is -0.147. The van der Waals surface area contributed by atoms with Crippen LogP contribution in [0.5, 0.6) is 0 Å². The van der Waals surface area contributed by atoms with Crippen molar-refractivity contribution in [2.24, 2.45) is 11.8 Å². The van der Waals surface area contributed by atoms with Gasteiger partial charge in [-0.1, -0.05) is 12.8 Å². The molecule has 0 aromatic heterocycles. The molecule has 4 nitrogen and oxygen atoms in total. The zero-order valence-corrected chi connectivity index (χ0v) is 11.3. The van der Waals surface area contributed by atoms with Gasteiger partial charge in [0.15, 0.2) is 0 Å². The van der Waals surface area contributed by atoms with Gasteiger partial charge in [0.05, 0.1) is 6.61 Å². The van der Waals surface area contributed by atoms with E-state index in [-0.39, 0.29) is 12.0 Å². The van der Waals surface area contributed by atoms with Crippen molar-refractivity contribution in [3.8, 4) is 0 Å². The second kappa shape index (κ2) is 5.17. The van der Waals surface area contributed by atoms with Crippen molar-refractivity contribution >= 4 is 5.91 Å². The topological polar surface area (TPSA) is 32.8 Å². The summed E-state index contributed by atoms with van der Waals surface area (Å²) in [4.78, 5) is 16.7. The SMILES string of the molecule is CN1CCOC(C(=O)N2CC3CCCCC3C2)C1. The molecule has 2 saturated heterocycles. The van der Waals surface area contributed by atoms with Crippen molar-refractivity contribution in [1.82, 2.24) is 9.80 Å². The Balaban J connectivity index is 1.59. The van der Waals surface area contributed by atoms with Crippen LogP contribution >= 0.6 is 0 Å². The van der Waals surface area contributed by atoms with Crippen LogP contribution in [0.4, 0.5) is 0 Å². The lowest BCUT2D eigenvalue weighted by Gasteiger charge is -2.31. The molecule has 102 valence electrons. The number of morpholine rings is 1. The molecular weight excluding hydrogens is 228 g/mol. The maximum absolute atomic E-state index is 12.5. The highest BCUT2D eigenvalue weighted by Crippen LogP contribution is 2.36. The predicted molar refractivity (Wildman–Crippen MR) is 69.3 cm³/mol. The van der Waals surface area contributed by atoms with Gasteiger partial charge < -0.3 is 14.5 Å². The molecule has 1 aliphatic carbocycles. The van der Waals surface area contributed by atoms with Crippen LogP contribution in [0.1, 0.15) is 25.7 Å². The number of rotatable bonds is 1. The number of ether oxygens (including phenoxy) is 1. The highest BCUT2D eigenvalue weighted by Gasteiger charge is 2.39. The molecule has 0 spiro atoms. The van der Waals surface area contributed by atoms with E-state index >= 15 is 0 Å². The molecule has 2 heterocycles. The van der Waals surface area contributed by atoms with Crippen LogP contribution in [-0.4, -0.2) is 61.6 Å². The molecule has 3 aliphatic rings. The van der Waals surface area contributed by atoms with Gasteiger partial charge in [-0.2, -0.15) is 0 Å². The van der Waals surface area contributed by atoms with E-state index in [9.17, 15) is 4.79 Å². The van der Waals surface area contributed by atoms with Crippen LogP contribution in [-0.2, 0) is 9.53 Å². The van der Waals surface area contributed by atoms with Gasteiger partial charge in [-0.3, -0.25) is 4.79 Å². The van der Waals surface area contributed by atoms with Crippen molar-refractivity contribution in [1.29, 1.82) is 0 Å². The van der Waals surface area contributed by atoms with E-state index in [4.69, 9.17) is 4.74 Å². The summed E-state index contributed by atoms with van der Waals surface area (Å²) >= 11 is 0. The summed E-state index contributed by atoms with van der Waals surface area (Å²) < 4.78 is 5.64. The molecule has 3 atom stereocenters. The number of carbonyl (C=O) groups is 1. The van der Waals surface area contributed by atoms with E-state index in [1.165, 1.54) is 25.7 Å². The Labute approximate surface area is 109 Å². The van der Waals surface area contributed by atoms with Gasteiger partial charge in [0, 0.05) is 26.2 Å². The summed E-state index contributed by atoms with van der Waals surface area (Å²) in [5.41, 5.74) is 0. The molecule has 3 fully saturated rings. The van der Waals surface area contributed by atoms with Gasteiger partial charge in [0.1, 0.15) is 6.10 Å². The molecule has 0 aromatic rings. The number of likely N-dealkylation sites (N-methyl/N-ethyl adjacent to an activating group) is 1. The third-order valence-corrected chi connectivity index (χ3v) is 4.83. The number of amides is 1. The van der Waals surface area contributed by atoms with Gasteiger partial charge in [-0.15, -0.1) is 0 Å². The Morgan fingerprint density at radius 3 is 2.39 bits per heavy atom. The second-order valence-corrected chi connectivity index (χ2v) is 6.17. The molecule has 3 unspecified atom stereocenters. The van der Waals surface area contributed by atoms with Crippen LogP contribution in [0.3, 0.4) is 0 Å². The summed E-state index contributed by atoms with van der Waals surface area (Å²) in [7, 11) is 2.06. The first-order valence-corrected chi connectivity index (χ1v) is 7.33. The smallest absolute Gasteiger partial charge is 0.253 e. The molecule has 0 radical (unpaired) electrons. The van der Waals surface area contributed by atoms with E-state index in [0.717, 1.165) is 38.0 Å². The summed E-state index contributed by atoms with van der Waals surface area (Å²) in [5.74, 6) is 1.77. The van der Waals surface area contributed by atoms with Crippen LogP contribution in [0, 0.1) is 11.8 Å². The molecule has 4 heteroatoms.